The Morgan fingerprint density at radius 2 is 1.63 bits per heavy atom. The molecule has 1 heterocycles. The van der Waals surface area contributed by atoms with E-state index in [1.54, 1.807) is 30.3 Å². The monoisotopic (exact) mass is 389 g/mol. The number of carbonyl (C=O) groups excluding carboxylic acids is 3. The van der Waals surface area contributed by atoms with E-state index in [-0.39, 0.29) is 25.3 Å². The first-order valence-electron chi connectivity index (χ1n) is 8.31. The second-order valence-corrected chi connectivity index (χ2v) is 6.54. The molecule has 0 atom stereocenters. The quantitative estimate of drug-likeness (QED) is 0.798. The third-order valence-corrected chi connectivity index (χ3v) is 4.42. The Balaban J connectivity index is 1.57. The van der Waals surface area contributed by atoms with Crippen LogP contribution in [0.2, 0.25) is 5.02 Å². The topological polar surface area (TPSA) is 69.7 Å². The minimum atomic E-state index is -0.751. The number of halogens is 2. The van der Waals surface area contributed by atoms with Crippen LogP contribution in [0.5, 0.6) is 0 Å². The normalized spacial score (nSPS) is 14.4. The van der Waals surface area contributed by atoms with Crippen molar-refractivity contribution in [3.63, 3.8) is 0 Å². The molecule has 1 fully saturated rings. The van der Waals surface area contributed by atoms with Gasteiger partial charge < -0.3 is 15.1 Å². The van der Waals surface area contributed by atoms with E-state index in [1.165, 1.54) is 23.1 Å². The average molecular weight is 390 g/mol. The number of nitrogens with zero attached hydrogens (tertiary/aromatic N) is 2. The van der Waals surface area contributed by atoms with Crippen LogP contribution in [-0.2, 0) is 20.9 Å². The van der Waals surface area contributed by atoms with Crippen molar-refractivity contribution in [3.8, 4) is 0 Å². The number of benzene rings is 2. The van der Waals surface area contributed by atoms with Crippen molar-refractivity contribution < 1.29 is 18.8 Å². The Morgan fingerprint density at radius 1 is 1.00 bits per heavy atom. The number of piperazine rings is 1. The fourth-order valence-corrected chi connectivity index (χ4v) is 2.88. The summed E-state index contributed by atoms with van der Waals surface area (Å²) in [5.74, 6) is -2.55. The van der Waals surface area contributed by atoms with Crippen molar-refractivity contribution in [1.29, 1.82) is 0 Å². The lowest BCUT2D eigenvalue weighted by Crippen LogP contribution is -2.55. The molecule has 0 aliphatic carbocycles. The maximum atomic E-state index is 13.6. The van der Waals surface area contributed by atoms with Gasteiger partial charge in [0, 0.05) is 24.7 Å². The molecule has 0 aromatic heterocycles. The van der Waals surface area contributed by atoms with Crippen molar-refractivity contribution in [1.82, 2.24) is 9.80 Å². The Hall–Kier alpha value is -2.93. The fourth-order valence-electron chi connectivity index (χ4n) is 2.75. The standard InChI is InChI=1S/C19H17ClFN3O3/c20-14-7-5-13(6-8-14)11-23-9-10-24(19(27)18(23)26)12-17(25)22-16-4-2-1-3-15(16)21/h1-8H,9-12H2,(H,22,25). The molecule has 3 rings (SSSR count). The zero-order valence-electron chi connectivity index (χ0n) is 14.3. The molecule has 0 bridgehead atoms. The van der Waals surface area contributed by atoms with Gasteiger partial charge >= 0.3 is 11.8 Å². The van der Waals surface area contributed by atoms with Crippen LogP contribution in [0.4, 0.5) is 10.1 Å². The minimum Gasteiger partial charge on any atom is -0.328 e. The van der Waals surface area contributed by atoms with Crippen molar-refractivity contribution >= 4 is 35.0 Å². The zero-order valence-corrected chi connectivity index (χ0v) is 15.1. The van der Waals surface area contributed by atoms with E-state index >= 15 is 0 Å². The SMILES string of the molecule is O=C(CN1CCN(Cc2ccc(Cl)cc2)C(=O)C1=O)Nc1ccccc1F. The predicted octanol–water partition coefficient (Wildman–Crippen LogP) is 2.29. The van der Waals surface area contributed by atoms with Crippen LogP contribution in [0.3, 0.4) is 0 Å². The first-order valence-corrected chi connectivity index (χ1v) is 8.69. The maximum absolute atomic E-state index is 13.6. The number of carbonyl (C=O) groups is 3. The molecule has 0 spiro atoms. The lowest BCUT2D eigenvalue weighted by Gasteiger charge is -2.33. The van der Waals surface area contributed by atoms with E-state index in [0.717, 1.165) is 10.5 Å². The van der Waals surface area contributed by atoms with Crippen molar-refractivity contribution in [2.75, 3.05) is 25.0 Å². The predicted molar refractivity (Wildman–Crippen MR) is 98.5 cm³/mol. The van der Waals surface area contributed by atoms with E-state index < -0.39 is 23.5 Å². The van der Waals surface area contributed by atoms with Crippen LogP contribution in [0.25, 0.3) is 0 Å². The summed E-state index contributed by atoms with van der Waals surface area (Å²) in [6.07, 6.45) is 0. The van der Waals surface area contributed by atoms with Crippen LogP contribution in [-0.4, -0.2) is 47.2 Å². The molecule has 3 amide bonds. The van der Waals surface area contributed by atoms with Gasteiger partial charge in [-0.3, -0.25) is 14.4 Å². The fraction of sp³-hybridized carbons (Fsp3) is 0.211. The molecule has 1 saturated heterocycles. The van der Waals surface area contributed by atoms with Gasteiger partial charge in [0.2, 0.25) is 5.91 Å². The van der Waals surface area contributed by atoms with E-state index in [0.29, 0.717) is 11.6 Å². The van der Waals surface area contributed by atoms with Gasteiger partial charge in [-0.25, -0.2) is 4.39 Å². The molecular weight excluding hydrogens is 373 g/mol. The van der Waals surface area contributed by atoms with Crippen LogP contribution in [0.1, 0.15) is 5.56 Å². The maximum Gasteiger partial charge on any atom is 0.312 e. The van der Waals surface area contributed by atoms with Crippen molar-refractivity contribution in [2.45, 2.75) is 6.54 Å². The third kappa shape index (κ3) is 4.62. The smallest absolute Gasteiger partial charge is 0.312 e. The van der Waals surface area contributed by atoms with Crippen molar-refractivity contribution in [3.05, 3.63) is 64.9 Å². The number of para-hydroxylation sites is 1. The van der Waals surface area contributed by atoms with Crippen LogP contribution < -0.4 is 5.32 Å². The van der Waals surface area contributed by atoms with Crippen molar-refractivity contribution in [2.24, 2.45) is 0 Å². The molecule has 2 aromatic rings. The molecule has 1 N–H and O–H groups in total. The van der Waals surface area contributed by atoms with Crippen LogP contribution >= 0.6 is 11.6 Å². The number of anilines is 1. The molecule has 0 unspecified atom stereocenters. The molecule has 140 valence electrons. The van der Waals surface area contributed by atoms with Gasteiger partial charge in [-0.2, -0.15) is 0 Å². The number of hydrogen-bond donors (Lipinski definition) is 1. The van der Waals surface area contributed by atoms with E-state index in [2.05, 4.69) is 5.32 Å². The first kappa shape index (κ1) is 18.8. The molecule has 0 radical (unpaired) electrons. The molecule has 27 heavy (non-hydrogen) atoms. The summed E-state index contributed by atoms with van der Waals surface area (Å²) in [6.45, 7) is 0.508. The number of hydrogen-bond acceptors (Lipinski definition) is 3. The van der Waals surface area contributed by atoms with Crippen LogP contribution in [0.15, 0.2) is 48.5 Å². The zero-order chi connectivity index (χ0) is 19.4. The minimum absolute atomic E-state index is 0.0302. The summed E-state index contributed by atoms with van der Waals surface area (Å²) in [4.78, 5) is 39.3. The summed E-state index contributed by atoms with van der Waals surface area (Å²) in [5.41, 5.74) is 0.883. The van der Waals surface area contributed by atoms with Gasteiger partial charge in [0.15, 0.2) is 0 Å². The number of amides is 3. The Morgan fingerprint density at radius 3 is 2.33 bits per heavy atom. The second-order valence-electron chi connectivity index (χ2n) is 6.11. The van der Waals surface area contributed by atoms with Gasteiger partial charge in [-0.15, -0.1) is 0 Å². The molecule has 6 nitrogen and oxygen atoms in total. The van der Waals surface area contributed by atoms with E-state index in [1.807, 2.05) is 0 Å². The lowest BCUT2D eigenvalue weighted by atomic mass is 10.2. The van der Waals surface area contributed by atoms with E-state index in [9.17, 15) is 18.8 Å². The molecule has 1 aliphatic heterocycles. The van der Waals surface area contributed by atoms with Gasteiger partial charge in [-0.05, 0) is 29.8 Å². The third-order valence-electron chi connectivity index (χ3n) is 4.17. The van der Waals surface area contributed by atoms with Gasteiger partial charge in [0.1, 0.15) is 12.4 Å². The highest BCUT2D eigenvalue weighted by Gasteiger charge is 2.33. The largest absolute Gasteiger partial charge is 0.328 e. The summed E-state index contributed by atoms with van der Waals surface area (Å²) in [7, 11) is 0. The molecule has 1 aliphatic rings. The van der Waals surface area contributed by atoms with Gasteiger partial charge in [0.25, 0.3) is 0 Å². The summed E-state index contributed by atoms with van der Waals surface area (Å²) in [6, 6.07) is 12.7. The van der Waals surface area contributed by atoms with Gasteiger partial charge in [-0.1, -0.05) is 35.9 Å². The second kappa shape index (κ2) is 8.18. The van der Waals surface area contributed by atoms with Crippen LogP contribution in [0, 0.1) is 5.82 Å². The molecule has 2 aromatic carbocycles. The molecule has 0 saturated carbocycles. The first-order chi connectivity index (χ1) is 12.9. The van der Waals surface area contributed by atoms with Gasteiger partial charge in [0.05, 0.1) is 5.69 Å². The summed E-state index contributed by atoms with van der Waals surface area (Å²) in [5, 5.41) is 2.99. The Kier molecular flexibility index (Phi) is 5.71. The highest BCUT2D eigenvalue weighted by Crippen LogP contribution is 2.15. The molecular formula is C19H17ClFN3O3. The van der Waals surface area contributed by atoms with E-state index in [4.69, 9.17) is 11.6 Å². The highest BCUT2D eigenvalue weighted by molar-refractivity contribution is 6.35. The number of rotatable bonds is 5. The highest BCUT2D eigenvalue weighted by atomic mass is 35.5. The number of nitrogens with one attached hydrogen (secondary N) is 1. The lowest BCUT2D eigenvalue weighted by molar-refractivity contribution is -0.157. The summed E-state index contributed by atoms with van der Waals surface area (Å²) >= 11 is 5.84. The average Bonchev–Trinajstić information content (AvgIpc) is 2.65. The molecule has 8 heteroatoms. The summed E-state index contributed by atoms with van der Waals surface area (Å²) < 4.78 is 13.6. The Bertz CT molecular complexity index is 873. The Labute approximate surface area is 160 Å².